The number of likely N-dealkylation sites (tertiary alicyclic amines) is 1. The summed E-state index contributed by atoms with van der Waals surface area (Å²) in [7, 11) is 0.964. The van der Waals surface area contributed by atoms with Crippen molar-refractivity contribution in [3.05, 3.63) is 35.9 Å². The molecule has 1 aliphatic heterocycles. The summed E-state index contributed by atoms with van der Waals surface area (Å²) in [5.41, 5.74) is 5.09. The third kappa shape index (κ3) is 9.36. The van der Waals surface area contributed by atoms with E-state index in [0.717, 1.165) is 7.11 Å². The number of hydrogen-bond donors (Lipinski definition) is 4. The lowest BCUT2D eigenvalue weighted by atomic mass is 9.99. The van der Waals surface area contributed by atoms with Crippen LogP contribution in [0.3, 0.4) is 0 Å². The van der Waals surface area contributed by atoms with Gasteiger partial charge < -0.3 is 35.8 Å². The molecule has 4 atom stereocenters. The second-order valence-corrected chi connectivity index (χ2v) is 10.2. The van der Waals surface area contributed by atoms with Crippen LogP contribution in [-0.2, 0) is 44.7 Å². The van der Waals surface area contributed by atoms with E-state index in [1.54, 1.807) is 51.1 Å². The number of benzene rings is 1. The number of nitrogens with one attached hydrogen (secondary N) is 2. The zero-order valence-corrected chi connectivity index (χ0v) is 22.5. The molecule has 1 unspecified atom stereocenters. The van der Waals surface area contributed by atoms with Crippen LogP contribution in [0.15, 0.2) is 30.3 Å². The van der Waals surface area contributed by atoms with Crippen LogP contribution in [0.5, 0.6) is 0 Å². The van der Waals surface area contributed by atoms with Crippen LogP contribution < -0.4 is 16.4 Å². The highest BCUT2D eigenvalue weighted by Gasteiger charge is 2.41. The maximum atomic E-state index is 13.4. The first kappa shape index (κ1) is 31.2. The van der Waals surface area contributed by atoms with Crippen molar-refractivity contribution in [2.24, 2.45) is 5.73 Å². The van der Waals surface area contributed by atoms with Crippen LogP contribution >= 0.6 is 0 Å². The summed E-state index contributed by atoms with van der Waals surface area (Å²) in [6, 6.07) is 4.93. The smallest absolute Gasteiger partial charge is 0.396 e. The topological polar surface area (TPSA) is 194 Å². The number of methoxy groups -OCH3 is 1. The molecular weight excluding hydrogens is 512 g/mol. The molecule has 1 heterocycles. The van der Waals surface area contributed by atoms with E-state index in [9.17, 15) is 33.9 Å². The number of nitrogens with zero attached hydrogens (tertiary/aromatic N) is 1. The van der Waals surface area contributed by atoms with Gasteiger partial charge in [0.25, 0.3) is 5.91 Å². The number of amides is 4. The van der Waals surface area contributed by atoms with Gasteiger partial charge in [-0.3, -0.25) is 19.2 Å². The molecule has 1 aliphatic rings. The third-order valence-corrected chi connectivity index (χ3v) is 5.87. The first-order chi connectivity index (χ1) is 18.2. The highest BCUT2D eigenvalue weighted by Crippen LogP contribution is 2.23. The summed E-state index contributed by atoms with van der Waals surface area (Å²) < 4.78 is 9.75. The highest BCUT2D eigenvalue weighted by atomic mass is 16.6. The molecule has 13 nitrogen and oxygen atoms in total. The molecule has 0 aliphatic carbocycles. The average Bonchev–Trinajstić information content (AvgIpc) is 3.36. The van der Waals surface area contributed by atoms with Gasteiger partial charge in [-0.15, -0.1) is 0 Å². The number of esters is 2. The molecule has 13 heteroatoms. The Hall–Kier alpha value is -4.00. The Balaban J connectivity index is 2.29. The Morgan fingerprint density at radius 3 is 2.31 bits per heavy atom. The largest absolute Gasteiger partial charge is 0.462 e. The molecule has 1 saturated heterocycles. The van der Waals surface area contributed by atoms with E-state index in [4.69, 9.17) is 10.5 Å². The fourth-order valence-corrected chi connectivity index (χ4v) is 4.10. The van der Waals surface area contributed by atoms with E-state index in [-0.39, 0.29) is 13.0 Å². The molecule has 39 heavy (non-hydrogen) atoms. The molecule has 0 aromatic heterocycles. The van der Waals surface area contributed by atoms with Crippen molar-refractivity contribution in [2.75, 3.05) is 13.7 Å². The van der Waals surface area contributed by atoms with Crippen LogP contribution in [0.4, 0.5) is 0 Å². The third-order valence-electron chi connectivity index (χ3n) is 5.87. The van der Waals surface area contributed by atoms with Gasteiger partial charge in [-0.2, -0.15) is 0 Å². The van der Waals surface area contributed by atoms with Gasteiger partial charge in [-0.1, -0.05) is 30.3 Å². The molecule has 4 amide bonds. The molecule has 1 aromatic rings. The number of aliphatic hydroxyl groups excluding tert-OH is 1. The van der Waals surface area contributed by atoms with Crippen LogP contribution in [0.1, 0.15) is 45.6 Å². The molecule has 0 bridgehead atoms. The Kier molecular flexibility index (Phi) is 11.0. The Labute approximate surface area is 226 Å². The maximum absolute atomic E-state index is 13.4. The average molecular weight is 549 g/mol. The maximum Gasteiger partial charge on any atom is 0.396 e. The minimum atomic E-state index is -1.80. The quantitative estimate of drug-likeness (QED) is 0.208. The van der Waals surface area contributed by atoms with E-state index in [1.807, 2.05) is 0 Å². The number of hydrogen-bond acceptors (Lipinski definition) is 9. The normalized spacial score (nSPS) is 17.4. The van der Waals surface area contributed by atoms with Crippen molar-refractivity contribution in [1.82, 2.24) is 15.5 Å². The van der Waals surface area contributed by atoms with Crippen LogP contribution in [0.25, 0.3) is 0 Å². The van der Waals surface area contributed by atoms with Gasteiger partial charge in [0.2, 0.25) is 11.8 Å². The van der Waals surface area contributed by atoms with Gasteiger partial charge in [-0.25, -0.2) is 9.59 Å². The minimum Gasteiger partial charge on any atom is -0.462 e. The van der Waals surface area contributed by atoms with Crippen LogP contribution in [0.2, 0.25) is 0 Å². The fourth-order valence-electron chi connectivity index (χ4n) is 4.10. The number of ether oxygens (including phenoxy) is 2. The number of carbonyl (C=O) groups excluding carboxylic acids is 6. The monoisotopic (exact) mass is 548 g/mol. The van der Waals surface area contributed by atoms with E-state index < -0.39 is 71.8 Å². The fraction of sp³-hybridized carbons (Fsp3) is 0.538. The Morgan fingerprint density at radius 1 is 1.10 bits per heavy atom. The molecule has 1 fully saturated rings. The SMILES string of the molecule is COC(=O)C(=O)N[C@@H](CC(N)=O)C(=O)N[C@@H](Cc1ccccc1)C(O)C(=O)N1CCC[C@H]1C(=O)OC(C)(C)C. The molecule has 0 radical (unpaired) electrons. The highest BCUT2D eigenvalue weighted by molar-refractivity contribution is 6.32. The van der Waals surface area contributed by atoms with E-state index in [0.29, 0.717) is 18.4 Å². The standard InChI is InChI=1S/C26H36N4O9/c1-26(2,3)39-24(36)18-11-8-12-30(18)23(35)20(32)16(13-15-9-6-5-7-10-15)28-21(33)17(14-19(27)31)29-22(34)25(37)38-4/h5-7,9-10,16-18,20,32H,8,11-14H2,1-4H3,(H2,27,31)(H,28,33)(H,29,34)/t16-,17-,18-,20?/m0/s1. The van der Waals surface area contributed by atoms with E-state index in [2.05, 4.69) is 15.4 Å². The lowest BCUT2D eigenvalue weighted by Crippen LogP contribution is -2.58. The molecule has 0 saturated carbocycles. The van der Waals surface area contributed by atoms with Crippen molar-refractivity contribution in [3.8, 4) is 0 Å². The van der Waals surface area contributed by atoms with Gasteiger partial charge in [0.05, 0.1) is 19.6 Å². The second kappa shape index (κ2) is 13.7. The summed E-state index contributed by atoms with van der Waals surface area (Å²) in [6.45, 7) is 5.31. The lowest BCUT2D eigenvalue weighted by molar-refractivity contribution is -0.165. The van der Waals surface area contributed by atoms with Crippen molar-refractivity contribution in [3.63, 3.8) is 0 Å². The van der Waals surface area contributed by atoms with Crippen LogP contribution in [-0.4, -0.2) is 89.1 Å². The van der Waals surface area contributed by atoms with Crippen molar-refractivity contribution < 1.29 is 43.3 Å². The zero-order chi connectivity index (χ0) is 29.3. The molecule has 5 N–H and O–H groups in total. The first-order valence-electron chi connectivity index (χ1n) is 12.5. The predicted octanol–water partition coefficient (Wildman–Crippen LogP) is -1.06. The van der Waals surface area contributed by atoms with Crippen molar-refractivity contribution >= 4 is 35.6 Å². The number of rotatable bonds is 10. The minimum absolute atomic E-state index is 0.0152. The summed E-state index contributed by atoms with van der Waals surface area (Å²) in [5, 5.41) is 15.7. The molecule has 214 valence electrons. The first-order valence-corrected chi connectivity index (χ1v) is 12.5. The van der Waals surface area contributed by atoms with Gasteiger partial charge in [0.1, 0.15) is 17.7 Å². The predicted molar refractivity (Wildman–Crippen MR) is 136 cm³/mol. The summed E-state index contributed by atoms with van der Waals surface area (Å²) in [6.07, 6.45) is -1.62. The Morgan fingerprint density at radius 2 is 1.74 bits per heavy atom. The zero-order valence-electron chi connectivity index (χ0n) is 22.5. The number of nitrogens with two attached hydrogens (primary N) is 1. The summed E-state index contributed by atoms with van der Waals surface area (Å²) in [5.74, 6) is -5.90. The van der Waals surface area contributed by atoms with Crippen molar-refractivity contribution in [1.29, 1.82) is 0 Å². The van der Waals surface area contributed by atoms with Gasteiger partial charge >= 0.3 is 17.8 Å². The van der Waals surface area contributed by atoms with Gasteiger partial charge in [0, 0.05) is 6.54 Å². The van der Waals surface area contributed by atoms with Crippen molar-refractivity contribution in [2.45, 2.75) is 76.3 Å². The van der Waals surface area contributed by atoms with Gasteiger partial charge in [0.15, 0.2) is 6.10 Å². The van der Waals surface area contributed by atoms with E-state index >= 15 is 0 Å². The second-order valence-electron chi connectivity index (χ2n) is 10.2. The number of primary amides is 1. The van der Waals surface area contributed by atoms with Gasteiger partial charge in [-0.05, 0) is 45.6 Å². The number of aliphatic hydroxyl groups is 1. The summed E-state index contributed by atoms with van der Waals surface area (Å²) in [4.78, 5) is 75.5. The van der Waals surface area contributed by atoms with Crippen LogP contribution in [0, 0.1) is 0 Å². The molecular formula is C26H36N4O9. The molecule has 1 aromatic carbocycles. The summed E-state index contributed by atoms with van der Waals surface area (Å²) >= 11 is 0. The molecule has 2 rings (SSSR count). The lowest BCUT2D eigenvalue weighted by Gasteiger charge is -2.32. The Bertz CT molecular complexity index is 1070. The number of carbonyl (C=O) groups is 6. The molecule has 0 spiro atoms. The van der Waals surface area contributed by atoms with E-state index in [1.165, 1.54) is 4.90 Å².